The Hall–Kier alpha value is -1.85. The molecule has 0 spiro atoms. The van der Waals surface area contributed by atoms with E-state index in [-0.39, 0.29) is 18.1 Å². The Labute approximate surface area is 128 Å². The second kappa shape index (κ2) is 5.87. The molecule has 1 aromatic heterocycles. The van der Waals surface area contributed by atoms with Gasteiger partial charge in [0.05, 0.1) is 18.2 Å². The highest BCUT2D eigenvalue weighted by molar-refractivity contribution is 7.07. The van der Waals surface area contributed by atoms with Crippen molar-refractivity contribution in [2.75, 3.05) is 18.8 Å². The van der Waals surface area contributed by atoms with Gasteiger partial charge in [0.1, 0.15) is 6.10 Å². The van der Waals surface area contributed by atoms with E-state index in [0.29, 0.717) is 24.3 Å². The molecule has 0 aliphatic carbocycles. The van der Waals surface area contributed by atoms with Crippen molar-refractivity contribution in [1.29, 1.82) is 0 Å². The first-order valence-corrected chi connectivity index (χ1v) is 7.91. The van der Waals surface area contributed by atoms with Gasteiger partial charge in [-0.3, -0.25) is 4.79 Å². The Morgan fingerprint density at radius 2 is 2.14 bits per heavy atom. The van der Waals surface area contributed by atoms with Crippen LogP contribution in [-0.2, 0) is 4.74 Å². The monoisotopic (exact) mass is 302 g/mol. The maximum Gasteiger partial charge on any atom is 0.256 e. The van der Waals surface area contributed by atoms with E-state index in [4.69, 9.17) is 10.5 Å². The number of carbonyl (C=O) groups is 1. The van der Waals surface area contributed by atoms with Crippen LogP contribution in [-0.4, -0.2) is 30.0 Å². The van der Waals surface area contributed by atoms with E-state index in [2.05, 4.69) is 5.38 Å². The van der Waals surface area contributed by atoms with Crippen LogP contribution in [0.4, 0.5) is 5.69 Å². The molecule has 2 heterocycles. The second-order valence-electron chi connectivity index (χ2n) is 5.29. The molecule has 4 nitrogen and oxygen atoms in total. The number of carbonyl (C=O) groups excluding carboxylic acids is 1. The van der Waals surface area contributed by atoms with E-state index in [1.807, 2.05) is 35.4 Å². The van der Waals surface area contributed by atoms with Crippen LogP contribution in [0.25, 0.3) is 0 Å². The minimum absolute atomic E-state index is 0.0116. The molecule has 110 valence electrons. The second-order valence-corrected chi connectivity index (χ2v) is 6.07. The average molecular weight is 302 g/mol. The van der Waals surface area contributed by atoms with Crippen molar-refractivity contribution in [3.8, 4) is 0 Å². The number of para-hydroxylation sites is 1. The van der Waals surface area contributed by atoms with Gasteiger partial charge in [0.25, 0.3) is 5.91 Å². The van der Waals surface area contributed by atoms with Gasteiger partial charge in [0.2, 0.25) is 0 Å². The molecular weight excluding hydrogens is 284 g/mol. The van der Waals surface area contributed by atoms with Gasteiger partial charge < -0.3 is 15.4 Å². The first-order chi connectivity index (χ1) is 10.1. The number of nitrogens with two attached hydrogens (primary N) is 1. The Balaban J connectivity index is 1.81. The number of ether oxygens (including phenoxy) is 1. The van der Waals surface area contributed by atoms with Gasteiger partial charge in [0, 0.05) is 12.2 Å². The van der Waals surface area contributed by atoms with Crippen molar-refractivity contribution in [3.05, 3.63) is 52.2 Å². The number of morpholine rings is 1. The Bertz CT molecular complexity index is 627. The topological polar surface area (TPSA) is 55.6 Å². The minimum atomic E-state index is -0.0612. The molecule has 3 rings (SSSR count). The van der Waals surface area contributed by atoms with Crippen LogP contribution in [0, 0.1) is 0 Å². The lowest BCUT2D eigenvalue weighted by Gasteiger charge is -2.36. The number of amides is 1. The summed E-state index contributed by atoms with van der Waals surface area (Å²) in [5.41, 5.74) is 8.13. The van der Waals surface area contributed by atoms with Gasteiger partial charge in [0.15, 0.2) is 0 Å². The number of benzene rings is 1. The predicted octanol–water partition coefficient (Wildman–Crippen LogP) is 2.93. The molecular formula is C16H18N2O2S. The highest BCUT2D eigenvalue weighted by Crippen LogP contribution is 2.28. The number of rotatable bonds is 2. The normalized spacial score (nSPS) is 22.2. The summed E-state index contributed by atoms with van der Waals surface area (Å²) in [4.78, 5) is 14.5. The summed E-state index contributed by atoms with van der Waals surface area (Å²) in [5, 5.41) is 4.10. The summed E-state index contributed by atoms with van der Waals surface area (Å²) < 4.78 is 5.96. The molecule has 2 aromatic rings. The molecule has 1 aliphatic rings. The number of nitrogens with zero attached hydrogens (tertiary/aromatic N) is 1. The number of anilines is 1. The highest BCUT2D eigenvalue weighted by Gasteiger charge is 2.30. The van der Waals surface area contributed by atoms with Crippen molar-refractivity contribution in [3.63, 3.8) is 0 Å². The zero-order chi connectivity index (χ0) is 14.8. The smallest absolute Gasteiger partial charge is 0.256 e. The SMILES string of the molecule is CC1CN(C(=O)c2ccccc2N)CC(c2ccsc2)O1. The van der Waals surface area contributed by atoms with Gasteiger partial charge in [-0.25, -0.2) is 0 Å². The molecule has 0 saturated carbocycles. The summed E-state index contributed by atoms with van der Waals surface area (Å²) in [6, 6.07) is 9.25. The lowest BCUT2D eigenvalue weighted by atomic mass is 10.1. The molecule has 1 saturated heterocycles. The standard InChI is InChI=1S/C16H18N2O2S/c1-11-8-18(9-15(20-11)12-6-7-21-10-12)16(19)13-4-2-3-5-14(13)17/h2-7,10-11,15H,8-9,17H2,1H3. The predicted molar refractivity (Wildman–Crippen MR) is 84.4 cm³/mol. The largest absolute Gasteiger partial charge is 0.398 e. The van der Waals surface area contributed by atoms with Gasteiger partial charge >= 0.3 is 0 Å². The molecule has 0 radical (unpaired) electrons. The molecule has 21 heavy (non-hydrogen) atoms. The molecule has 2 N–H and O–H groups in total. The maximum absolute atomic E-state index is 12.7. The first-order valence-electron chi connectivity index (χ1n) is 6.96. The maximum atomic E-state index is 12.7. The molecule has 1 fully saturated rings. The number of hydrogen-bond donors (Lipinski definition) is 1. The Morgan fingerprint density at radius 1 is 1.33 bits per heavy atom. The lowest BCUT2D eigenvalue weighted by molar-refractivity contribution is -0.0689. The van der Waals surface area contributed by atoms with E-state index in [9.17, 15) is 4.79 Å². The summed E-state index contributed by atoms with van der Waals surface area (Å²) in [7, 11) is 0. The molecule has 2 unspecified atom stereocenters. The average Bonchev–Trinajstić information content (AvgIpc) is 3.01. The van der Waals surface area contributed by atoms with Gasteiger partial charge in [-0.2, -0.15) is 11.3 Å². The zero-order valence-corrected chi connectivity index (χ0v) is 12.7. The fraction of sp³-hybridized carbons (Fsp3) is 0.312. The Morgan fingerprint density at radius 3 is 2.86 bits per heavy atom. The van der Waals surface area contributed by atoms with Crippen LogP contribution in [0.2, 0.25) is 0 Å². The third-order valence-corrected chi connectivity index (χ3v) is 4.36. The molecule has 0 bridgehead atoms. The van der Waals surface area contributed by atoms with Crippen LogP contribution in [0.5, 0.6) is 0 Å². The van der Waals surface area contributed by atoms with Gasteiger partial charge in [-0.1, -0.05) is 12.1 Å². The molecule has 1 amide bonds. The van der Waals surface area contributed by atoms with Crippen molar-refractivity contribution >= 4 is 22.9 Å². The summed E-state index contributed by atoms with van der Waals surface area (Å²) in [5.74, 6) is -0.0246. The fourth-order valence-electron chi connectivity index (χ4n) is 2.62. The highest BCUT2D eigenvalue weighted by atomic mass is 32.1. The van der Waals surface area contributed by atoms with E-state index in [1.54, 1.807) is 23.5 Å². The van der Waals surface area contributed by atoms with Crippen molar-refractivity contribution in [1.82, 2.24) is 4.90 Å². The van der Waals surface area contributed by atoms with Crippen molar-refractivity contribution < 1.29 is 9.53 Å². The van der Waals surface area contributed by atoms with Gasteiger partial charge in [-0.15, -0.1) is 0 Å². The molecule has 2 atom stereocenters. The van der Waals surface area contributed by atoms with Crippen molar-refractivity contribution in [2.45, 2.75) is 19.1 Å². The van der Waals surface area contributed by atoms with Crippen LogP contribution in [0.1, 0.15) is 28.9 Å². The molecule has 5 heteroatoms. The minimum Gasteiger partial charge on any atom is -0.398 e. The fourth-order valence-corrected chi connectivity index (χ4v) is 3.32. The van der Waals surface area contributed by atoms with Gasteiger partial charge in [-0.05, 0) is 41.4 Å². The van der Waals surface area contributed by atoms with E-state index in [0.717, 1.165) is 5.56 Å². The van der Waals surface area contributed by atoms with E-state index < -0.39 is 0 Å². The van der Waals surface area contributed by atoms with Crippen molar-refractivity contribution in [2.24, 2.45) is 0 Å². The summed E-state index contributed by atoms with van der Waals surface area (Å²) in [6.07, 6.45) is -0.0496. The first kappa shape index (κ1) is 14.1. The number of hydrogen-bond acceptors (Lipinski definition) is 4. The lowest BCUT2D eigenvalue weighted by Crippen LogP contribution is -2.46. The van der Waals surface area contributed by atoms with Crippen LogP contribution < -0.4 is 5.73 Å². The van der Waals surface area contributed by atoms with E-state index in [1.165, 1.54) is 0 Å². The third-order valence-electron chi connectivity index (χ3n) is 3.65. The molecule has 1 aromatic carbocycles. The third kappa shape index (κ3) is 2.94. The Kier molecular flexibility index (Phi) is 3.94. The summed E-state index contributed by atoms with van der Waals surface area (Å²) in [6.45, 7) is 3.15. The molecule has 1 aliphatic heterocycles. The van der Waals surface area contributed by atoms with Crippen LogP contribution in [0.15, 0.2) is 41.1 Å². The number of thiophene rings is 1. The summed E-state index contributed by atoms with van der Waals surface area (Å²) >= 11 is 1.64. The zero-order valence-electron chi connectivity index (χ0n) is 11.9. The van der Waals surface area contributed by atoms with Crippen LogP contribution in [0.3, 0.4) is 0 Å². The van der Waals surface area contributed by atoms with Crippen LogP contribution >= 0.6 is 11.3 Å². The van der Waals surface area contributed by atoms with E-state index >= 15 is 0 Å². The number of nitrogen functional groups attached to an aromatic ring is 1. The quantitative estimate of drug-likeness (QED) is 0.868.